The van der Waals surface area contributed by atoms with Gasteiger partial charge in [0.1, 0.15) is 17.5 Å². The summed E-state index contributed by atoms with van der Waals surface area (Å²) in [7, 11) is 0. The number of carboxylic acids is 1. The molecule has 2 N–H and O–H groups in total. The minimum Gasteiger partial charge on any atom is -0.480 e. The molecule has 1 aliphatic rings. The fourth-order valence-electron chi connectivity index (χ4n) is 5.92. The number of aliphatic carboxylic acids is 1. The Bertz CT molecular complexity index is 1610. The highest BCUT2D eigenvalue weighted by atomic mass is 16.5. The SMILES string of the molecule is CC(C)CN1Cc2cc(Oc3ccc(C(C)(C)C)cc3)ccc2C[C@H]1C(=O)N[C@@H](Cc1ccc(-c2ccccc2)cc1)C(=O)O. The van der Waals surface area contributed by atoms with Crippen LogP contribution < -0.4 is 10.1 Å². The molecule has 0 aliphatic carbocycles. The molecule has 0 spiro atoms. The lowest BCUT2D eigenvalue weighted by Crippen LogP contribution is -2.55. The monoisotopic (exact) mass is 604 g/mol. The zero-order chi connectivity index (χ0) is 32.1. The second-order valence-electron chi connectivity index (χ2n) is 13.5. The van der Waals surface area contributed by atoms with Gasteiger partial charge < -0.3 is 15.2 Å². The lowest BCUT2D eigenvalue weighted by Gasteiger charge is -2.37. The summed E-state index contributed by atoms with van der Waals surface area (Å²) in [6.45, 7) is 12.1. The van der Waals surface area contributed by atoms with Crippen LogP contribution in [-0.2, 0) is 34.4 Å². The summed E-state index contributed by atoms with van der Waals surface area (Å²) in [4.78, 5) is 28.2. The lowest BCUT2D eigenvalue weighted by molar-refractivity contribution is -0.142. The first-order valence-electron chi connectivity index (χ1n) is 15.8. The van der Waals surface area contributed by atoms with E-state index in [1.54, 1.807) is 0 Å². The Kier molecular flexibility index (Phi) is 9.74. The van der Waals surface area contributed by atoms with Crippen molar-refractivity contribution in [2.45, 2.75) is 71.5 Å². The molecule has 5 rings (SSSR count). The highest BCUT2D eigenvalue weighted by Crippen LogP contribution is 2.31. The average molecular weight is 605 g/mol. The van der Waals surface area contributed by atoms with E-state index in [0.29, 0.717) is 18.9 Å². The smallest absolute Gasteiger partial charge is 0.326 e. The molecule has 0 saturated heterocycles. The Morgan fingerprint density at radius 2 is 1.51 bits per heavy atom. The van der Waals surface area contributed by atoms with E-state index in [1.807, 2.05) is 78.9 Å². The van der Waals surface area contributed by atoms with Gasteiger partial charge in [0.2, 0.25) is 5.91 Å². The molecule has 4 aromatic carbocycles. The van der Waals surface area contributed by atoms with E-state index in [9.17, 15) is 14.7 Å². The van der Waals surface area contributed by atoms with Crippen molar-refractivity contribution < 1.29 is 19.4 Å². The maximum absolute atomic E-state index is 13.7. The first-order valence-corrected chi connectivity index (χ1v) is 15.8. The number of hydrogen-bond donors (Lipinski definition) is 2. The van der Waals surface area contributed by atoms with Crippen LogP contribution in [0.4, 0.5) is 0 Å². The van der Waals surface area contributed by atoms with Crippen molar-refractivity contribution in [3.63, 3.8) is 0 Å². The van der Waals surface area contributed by atoms with Crippen LogP contribution in [0.2, 0.25) is 0 Å². The fourth-order valence-corrected chi connectivity index (χ4v) is 5.92. The molecule has 0 unspecified atom stereocenters. The third kappa shape index (κ3) is 8.20. The van der Waals surface area contributed by atoms with Gasteiger partial charge in [-0.25, -0.2) is 4.79 Å². The van der Waals surface area contributed by atoms with Crippen molar-refractivity contribution in [2.24, 2.45) is 5.92 Å². The number of carbonyl (C=O) groups is 2. The summed E-state index contributed by atoms with van der Waals surface area (Å²) in [6.07, 6.45) is 0.716. The van der Waals surface area contributed by atoms with E-state index in [2.05, 4.69) is 63.0 Å². The molecule has 0 aromatic heterocycles. The molecule has 4 aromatic rings. The molecule has 6 nitrogen and oxygen atoms in total. The molecule has 45 heavy (non-hydrogen) atoms. The average Bonchev–Trinajstić information content (AvgIpc) is 3.00. The third-order valence-electron chi connectivity index (χ3n) is 8.38. The van der Waals surface area contributed by atoms with E-state index >= 15 is 0 Å². The van der Waals surface area contributed by atoms with Crippen LogP contribution >= 0.6 is 0 Å². The van der Waals surface area contributed by atoms with Gasteiger partial charge in [-0.1, -0.05) is 107 Å². The molecule has 0 saturated carbocycles. The number of nitrogens with zero attached hydrogens (tertiary/aromatic N) is 1. The Balaban J connectivity index is 1.28. The molecule has 2 atom stereocenters. The van der Waals surface area contributed by atoms with E-state index in [0.717, 1.165) is 45.9 Å². The van der Waals surface area contributed by atoms with Gasteiger partial charge in [0.05, 0.1) is 6.04 Å². The van der Waals surface area contributed by atoms with Gasteiger partial charge in [-0.2, -0.15) is 0 Å². The fraction of sp³-hybridized carbons (Fsp3) is 0.333. The quantitative estimate of drug-likeness (QED) is 0.195. The number of hydrogen-bond acceptors (Lipinski definition) is 4. The number of amides is 1. The van der Waals surface area contributed by atoms with E-state index < -0.39 is 18.1 Å². The summed E-state index contributed by atoms with van der Waals surface area (Å²) in [5, 5.41) is 12.9. The van der Waals surface area contributed by atoms with Crippen LogP contribution in [0.1, 0.15) is 56.9 Å². The largest absolute Gasteiger partial charge is 0.480 e. The van der Waals surface area contributed by atoms with E-state index in [1.165, 1.54) is 5.56 Å². The van der Waals surface area contributed by atoms with Crippen molar-refractivity contribution in [3.05, 3.63) is 119 Å². The number of fused-ring (bicyclic) bond motifs is 1. The minimum absolute atomic E-state index is 0.0751. The second-order valence-corrected chi connectivity index (χ2v) is 13.5. The second kappa shape index (κ2) is 13.7. The first-order chi connectivity index (χ1) is 21.5. The van der Waals surface area contributed by atoms with Gasteiger partial charge in [0.25, 0.3) is 0 Å². The van der Waals surface area contributed by atoms with Crippen LogP contribution in [0.3, 0.4) is 0 Å². The molecule has 0 fully saturated rings. The van der Waals surface area contributed by atoms with Gasteiger partial charge >= 0.3 is 5.97 Å². The number of benzene rings is 4. The van der Waals surface area contributed by atoms with Crippen LogP contribution in [0.5, 0.6) is 11.5 Å². The van der Waals surface area contributed by atoms with E-state index in [-0.39, 0.29) is 17.7 Å². The van der Waals surface area contributed by atoms with Crippen molar-refractivity contribution in [1.82, 2.24) is 10.2 Å². The minimum atomic E-state index is -1.04. The molecule has 1 amide bonds. The molecule has 6 heteroatoms. The molecule has 0 radical (unpaired) electrons. The Morgan fingerprint density at radius 1 is 0.867 bits per heavy atom. The van der Waals surface area contributed by atoms with E-state index in [4.69, 9.17) is 4.74 Å². The van der Waals surface area contributed by atoms with Crippen molar-refractivity contribution in [3.8, 4) is 22.6 Å². The normalized spacial score (nSPS) is 15.7. The van der Waals surface area contributed by atoms with Crippen molar-refractivity contribution >= 4 is 11.9 Å². The van der Waals surface area contributed by atoms with Crippen LogP contribution in [0, 0.1) is 5.92 Å². The molecular weight excluding hydrogens is 560 g/mol. The van der Waals surface area contributed by atoms with Gasteiger partial charge in [-0.15, -0.1) is 0 Å². The zero-order valence-electron chi connectivity index (χ0n) is 26.9. The predicted octanol–water partition coefficient (Wildman–Crippen LogP) is 7.64. The number of ether oxygens (including phenoxy) is 1. The summed E-state index contributed by atoms with van der Waals surface area (Å²) in [5.41, 5.74) is 6.55. The first kappa shape index (κ1) is 32.0. The number of carboxylic acid groups (broad SMARTS) is 1. The molecule has 1 heterocycles. The summed E-state index contributed by atoms with van der Waals surface area (Å²) < 4.78 is 6.21. The zero-order valence-corrected chi connectivity index (χ0v) is 26.9. The van der Waals surface area contributed by atoms with Gasteiger partial charge in [-0.3, -0.25) is 9.69 Å². The molecular formula is C39H44N2O4. The number of carbonyl (C=O) groups excluding carboxylic acids is 1. The summed E-state index contributed by atoms with van der Waals surface area (Å²) in [6, 6.07) is 30.7. The Hall–Kier alpha value is -4.42. The maximum atomic E-state index is 13.7. The van der Waals surface area contributed by atoms with Gasteiger partial charge in [0.15, 0.2) is 0 Å². The highest BCUT2D eigenvalue weighted by molar-refractivity contribution is 5.87. The van der Waals surface area contributed by atoms with Gasteiger partial charge in [0, 0.05) is 19.5 Å². The molecule has 1 aliphatic heterocycles. The lowest BCUT2D eigenvalue weighted by atomic mass is 9.87. The molecule has 0 bridgehead atoms. The highest BCUT2D eigenvalue weighted by Gasteiger charge is 2.34. The van der Waals surface area contributed by atoms with Crippen molar-refractivity contribution in [2.75, 3.05) is 6.54 Å². The standard InChI is InChI=1S/C39H44N2O4/c1-26(2)24-41-25-31-22-34(45-33-19-16-32(17-20-33)39(3,4)5)18-15-30(31)23-36(41)37(42)40-35(38(43)44)21-27-11-13-29(14-12-27)28-9-7-6-8-10-28/h6-20,22,26,35-36H,21,23-25H2,1-5H3,(H,40,42)(H,43,44)/t35-,36-/m0/s1. The third-order valence-corrected chi connectivity index (χ3v) is 8.38. The maximum Gasteiger partial charge on any atom is 0.326 e. The summed E-state index contributed by atoms with van der Waals surface area (Å²) >= 11 is 0. The Labute approximate surface area is 267 Å². The topological polar surface area (TPSA) is 78.9 Å². The predicted molar refractivity (Wildman–Crippen MR) is 180 cm³/mol. The van der Waals surface area contributed by atoms with Crippen LogP contribution in [0.15, 0.2) is 97.1 Å². The summed E-state index contributed by atoms with van der Waals surface area (Å²) in [5.74, 6) is 0.577. The Morgan fingerprint density at radius 3 is 2.13 bits per heavy atom. The van der Waals surface area contributed by atoms with Crippen molar-refractivity contribution in [1.29, 1.82) is 0 Å². The number of rotatable bonds is 10. The van der Waals surface area contributed by atoms with Crippen LogP contribution in [0.25, 0.3) is 11.1 Å². The molecule has 234 valence electrons. The van der Waals surface area contributed by atoms with Crippen LogP contribution in [-0.4, -0.2) is 40.5 Å². The van der Waals surface area contributed by atoms with Gasteiger partial charge in [-0.05, 0) is 75.4 Å². The number of nitrogens with one attached hydrogen (secondary N) is 1.